The number of hydrogen-bond acceptors (Lipinski definition) is 6. The number of aryl methyl sites for hydroxylation is 1. The molecule has 0 spiro atoms. The summed E-state index contributed by atoms with van der Waals surface area (Å²) in [7, 11) is -2.51. The molecule has 0 amide bonds. The Balaban J connectivity index is 1.84. The van der Waals surface area contributed by atoms with Gasteiger partial charge in [0.15, 0.2) is 0 Å². The number of rotatable bonds is 5. The van der Waals surface area contributed by atoms with Crippen LogP contribution in [0.1, 0.15) is 15.4 Å². The van der Waals surface area contributed by atoms with Crippen LogP contribution in [0.2, 0.25) is 0 Å². The average Bonchev–Trinajstić information content (AvgIpc) is 3.07. The Morgan fingerprint density at radius 1 is 1.15 bits per heavy atom. The number of thiazole rings is 1. The van der Waals surface area contributed by atoms with Crippen molar-refractivity contribution in [2.75, 3.05) is 11.8 Å². The van der Waals surface area contributed by atoms with Gasteiger partial charge >= 0.3 is 5.97 Å². The van der Waals surface area contributed by atoms with Gasteiger partial charge in [-0.05, 0) is 43.3 Å². The van der Waals surface area contributed by atoms with Gasteiger partial charge < -0.3 is 4.74 Å². The molecule has 0 bridgehead atoms. The molecule has 134 valence electrons. The minimum absolute atomic E-state index is 0.0556. The van der Waals surface area contributed by atoms with Crippen molar-refractivity contribution in [1.29, 1.82) is 0 Å². The number of esters is 1. The number of anilines is 1. The molecule has 26 heavy (non-hydrogen) atoms. The fourth-order valence-corrected chi connectivity index (χ4v) is 4.01. The number of benzene rings is 2. The molecule has 0 aliphatic heterocycles. The van der Waals surface area contributed by atoms with E-state index in [9.17, 15) is 13.2 Å². The summed E-state index contributed by atoms with van der Waals surface area (Å²) >= 11 is 1.53. The van der Waals surface area contributed by atoms with Crippen molar-refractivity contribution in [3.8, 4) is 11.3 Å². The normalized spacial score (nSPS) is 11.2. The number of hydrogen-bond donors (Lipinski definition) is 1. The first kappa shape index (κ1) is 18.1. The Kier molecular flexibility index (Phi) is 5.06. The monoisotopic (exact) mass is 388 g/mol. The van der Waals surface area contributed by atoms with E-state index < -0.39 is 16.0 Å². The van der Waals surface area contributed by atoms with Gasteiger partial charge in [0.05, 0.1) is 28.3 Å². The van der Waals surface area contributed by atoms with E-state index in [1.54, 1.807) is 18.2 Å². The smallest absolute Gasteiger partial charge is 0.337 e. The summed E-state index contributed by atoms with van der Waals surface area (Å²) in [6.07, 6.45) is 0. The summed E-state index contributed by atoms with van der Waals surface area (Å²) in [4.78, 5) is 15.9. The molecule has 1 N–H and O–H groups in total. The topological polar surface area (TPSA) is 85.4 Å². The van der Waals surface area contributed by atoms with Gasteiger partial charge in [-0.3, -0.25) is 4.72 Å². The number of ether oxygens (including phenoxy) is 1. The second-order valence-electron chi connectivity index (χ2n) is 5.45. The maximum atomic E-state index is 12.6. The number of nitrogens with zero attached hydrogens (tertiary/aromatic N) is 1. The summed E-state index contributed by atoms with van der Waals surface area (Å²) < 4.78 is 32.3. The summed E-state index contributed by atoms with van der Waals surface area (Å²) in [5.41, 5.74) is 2.35. The molecule has 0 aliphatic rings. The lowest BCUT2D eigenvalue weighted by Gasteiger charge is -2.09. The number of nitrogens with one attached hydrogen (secondary N) is 1. The second-order valence-corrected chi connectivity index (χ2v) is 8.20. The first-order valence-corrected chi connectivity index (χ1v) is 9.99. The first-order valence-electron chi connectivity index (χ1n) is 7.63. The van der Waals surface area contributed by atoms with Crippen molar-refractivity contribution in [1.82, 2.24) is 4.98 Å². The highest BCUT2D eigenvalue weighted by Gasteiger charge is 2.16. The molecule has 0 aliphatic carbocycles. The Morgan fingerprint density at radius 2 is 1.88 bits per heavy atom. The SMILES string of the molecule is COC(=O)c1ccc(S(=O)(=O)Nc2cccc(-c3csc(C)n3)c2)cc1. The Labute approximate surface area is 155 Å². The van der Waals surface area contributed by atoms with Crippen molar-refractivity contribution in [3.05, 3.63) is 64.5 Å². The molecule has 3 rings (SSSR count). The fourth-order valence-electron chi connectivity index (χ4n) is 2.34. The highest BCUT2D eigenvalue weighted by atomic mass is 32.2. The van der Waals surface area contributed by atoms with Crippen molar-refractivity contribution >= 4 is 33.0 Å². The lowest BCUT2D eigenvalue weighted by molar-refractivity contribution is 0.0600. The van der Waals surface area contributed by atoms with Crippen molar-refractivity contribution in [2.45, 2.75) is 11.8 Å². The van der Waals surface area contributed by atoms with Gasteiger partial charge in [-0.25, -0.2) is 18.2 Å². The Hall–Kier alpha value is -2.71. The number of aromatic nitrogens is 1. The summed E-state index contributed by atoms with van der Waals surface area (Å²) in [6, 6.07) is 12.6. The van der Waals surface area contributed by atoms with Crippen LogP contribution in [0.3, 0.4) is 0 Å². The molecule has 8 heteroatoms. The first-order chi connectivity index (χ1) is 12.4. The number of carbonyl (C=O) groups is 1. The zero-order chi connectivity index (χ0) is 18.7. The lowest BCUT2D eigenvalue weighted by Crippen LogP contribution is -2.13. The van der Waals surface area contributed by atoms with Crippen LogP contribution in [0.5, 0.6) is 0 Å². The third kappa shape index (κ3) is 3.92. The van der Waals surface area contributed by atoms with Crippen molar-refractivity contribution in [3.63, 3.8) is 0 Å². The molecule has 1 aromatic heterocycles. The van der Waals surface area contributed by atoms with Gasteiger partial charge in [0.25, 0.3) is 10.0 Å². The summed E-state index contributed by atoms with van der Waals surface area (Å²) in [5, 5.41) is 2.87. The molecule has 6 nitrogen and oxygen atoms in total. The largest absolute Gasteiger partial charge is 0.465 e. The molecule has 3 aromatic rings. The quantitative estimate of drug-likeness (QED) is 0.674. The summed E-state index contributed by atoms with van der Waals surface area (Å²) in [6.45, 7) is 1.92. The van der Waals surface area contributed by atoms with Crippen LogP contribution < -0.4 is 4.72 Å². The van der Waals surface area contributed by atoms with E-state index in [4.69, 9.17) is 0 Å². The third-order valence-corrected chi connectivity index (χ3v) is 5.79. The third-order valence-electron chi connectivity index (χ3n) is 3.62. The second kappa shape index (κ2) is 7.27. The van der Waals surface area contributed by atoms with Gasteiger partial charge in [0.2, 0.25) is 0 Å². The van der Waals surface area contributed by atoms with E-state index in [2.05, 4.69) is 14.4 Å². The van der Waals surface area contributed by atoms with Crippen LogP contribution in [-0.4, -0.2) is 26.5 Å². The minimum atomic E-state index is -3.78. The molecule has 0 radical (unpaired) electrons. The van der Waals surface area contributed by atoms with Crippen LogP contribution in [-0.2, 0) is 14.8 Å². The molecule has 0 saturated heterocycles. The van der Waals surface area contributed by atoms with Crippen molar-refractivity contribution < 1.29 is 17.9 Å². The van der Waals surface area contributed by atoms with Gasteiger partial charge in [-0.15, -0.1) is 11.3 Å². The number of methoxy groups -OCH3 is 1. The lowest BCUT2D eigenvalue weighted by atomic mass is 10.1. The fraction of sp³-hybridized carbons (Fsp3) is 0.111. The maximum Gasteiger partial charge on any atom is 0.337 e. The summed E-state index contributed by atoms with van der Waals surface area (Å²) in [5.74, 6) is -0.520. The molecule has 0 unspecified atom stereocenters. The Bertz CT molecular complexity index is 1040. The number of carbonyl (C=O) groups excluding carboxylic acids is 1. The molecule has 0 atom stereocenters. The highest BCUT2D eigenvalue weighted by molar-refractivity contribution is 7.92. The van der Waals surface area contributed by atoms with E-state index in [0.717, 1.165) is 16.3 Å². The zero-order valence-corrected chi connectivity index (χ0v) is 15.7. The van der Waals surface area contributed by atoms with Gasteiger partial charge in [0.1, 0.15) is 0 Å². The Morgan fingerprint density at radius 3 is 2.50 bits per heavy atom. The maximum absolute atomic E-state index is 12.6. The van der Waals surface area contributed by atoms with Crippen LogP contribution in [0.25, 0.3) is 11.3 Å². The zero-order valence-electron chi connectivity index (χ0n) is 14.1. The molecule has 0 fully saturated rings. The van der Waals surface area contributed by atoms with Crippen LogP contribution in [0.4, 0.5) is 5.69 Å². The average molecular weight is 388 g/mol. The molecule has 1 heterocycles. The predicted molar refractivity (Wildman–Crippen MR) is 101 cm³/mol. The molecular weight excluding hydrogens is 372 g/mol. The van der Waals surface area contributed by atoms with Gasteiger partial charge in [-0.2, -0.15) is 0 Å². The standard InChI is InChI=1S/C18H16N2O4S2/c1-12-19-17(11-25-12)14-4-3-5-15(10-14)20-26(22,23)16-8-6-13(7-9-16)18(21)24-2/h3-11,20H,1-2H3. The van der Waals surface area contributed by atoms with E-state index >= 15 is 0 Å². The van der Waals surface area contributed by atoms with E-state index in [1.807, 2.05) is 18.4 Å². The van der Waals surface area contributed by atoms with E-state index in [-0.39, 0.29) is 10.5 Å². The molecule has 0 saturated carbocycles. The van der Waals surface area contributed by atoms with Crippen LogP contribution in [0, 0.1) is 6.92 Å². The highest BCUT2D eigenvalue weighted by Crippen LogP contribution is 2.25. The number of sulfonamides is 1. The molecular formula is C18H16N2O4S2. The van der Waals surface area contributed by atoms with E-state index in [1.165, 1.54) is 42.7 Å². The van der Waals surface area contributed by atoms with Crippen LogP contribution >= 0.6 is 11.3 Å². The minimum Gasteiger partial charge on any atom is -0.465 e. The van der Waals surface area contributed by atoms with Gasteiger partial charge in [0, 0.05) is 16.6 Å². The van der Waals surface area contributed by atoms with Crippen molar-refractivity contribution in [2.24, 2.45) is 0 Å². The predicted octanol–water partition coefficient (Wildman–Crippen LogP) is 3.71. The van der Waals surface area contributed by atoms with Crippen LogP contribution in [0.15, 0.2) is 58.8 Å². The van der Waals surface area contributed by atoms with Gasteiger partial charge in [-0.1, -0.05) is 12.1 Å². The van der Waals surface area contributed by atoms with E-state index in [0.29, 0.717) is 5.69 Å². The molecule has 2 aromatic carbocycles.